The third kappa shape index (κ3) is 4.19. The van der Waals surface area contributed by atoms with Gasteiger partial charge in [-0.15, -0.1) is 0 Å². The topological polar surface area (TPSA) is 9.23 Å². The second kappa shape index (κ2) is 5.10. The van der Waals surface area contributed by atoms with E-state index in [1.807, 2.05) is 19.1 Å². The number of allylic oxidation sites excluding steroid dienone is 3. The molecule has 0 aliphatic heterocycles. The molecule has 0 aromatic carbocycles. The molecule has 0 fully saturated rings. The largest absolute Gasteiger partial charge is 0.497 e. The van der Waals surface area contributed by atoms with Crippen LogP contribution in [-0.4, -0.2) is 7.11 Å². The number of rotatable bonds is 3. The standard InChI is InChI=1S/C9H16O/c1-5-9(10-4)7-6-8(2)3/h5-8H,1-4H3/b7-6-,9-5+. The first-order valence-electron chi connectivity index (χ1n) is 3.59. The van der Waals surface area contributed by atoms with Gasteiger partial charge in [0, 0.05) is 0 Å². The first-order valence-corrected chi connectivity index (χ1v) is 3.59. The van der Waals surface area contributed by atoms with E-state index in [0.717, 1.165) is 5.76 Å². The normalized spacial score (nSPS) is 13.1. The van der Waals surface area contributed by atoms with Crippen molar-refractivity contribution < 1.29 is 4.74 Å². The summed E-state index contributed by atoms with van der Waals surface area (Å²) in [6, 6.07) is 0. The highest BCUT2D eigenvalue weighted by Crippen LogP contribution is 2.01. The van der Waals surface area contributed by atoms with E-state index in [1.54, 1.807) is 7.11 Å². The Morgan fingerprint density at radius 1 is 1.40 bits per heavy atom. The molecule has 0 radical (unpaired) electrons. The molecule has 0 aliphatic carbocycles. The maximum atomic E-state index is 5.02. The molecule has 0 saturated carbocycles. The van der Waals surface area contributed by atoms with Crippen molar-refractivity contribution in [3.63, 3.8) is 0 Å². The Morgan fingerprint density at radius 2 is 2.00 bits per heavy atom. The van der Waals surface area contributed by atoms with Gasteiger partial charge in [-0.05, 0) is 25.0 Å². The SMILES string of the molecule is C/C=C(\C=C/C(C)C)OC. The second-order valence-corrected chi connectivity index (χ2v) is 2.50. The summed E-state index contributed by atoms with van der Waals surface area (Å²) < 4.78 is 5.02. The number of methoxy groups -OCH3 is 1. The molecule has 0 rings (SSSR count). The van der Waals surface area contributed by atoms with Gasteiger partial charge >= 0.3 is 0 Å². The van der Waals surface area contributed by atoms with Gasteiger partial charge in [-0.1, -0.05) is 19.9 Å². The van der Waals surface area contributed by atoms with Crippen molar-refractivity contribution in [2.24, 2.45) is 5.92 Å². The van der Waals surface area contributed by atoms with E-state index in [4.69, 9.17) is 4.74 Å². The Morgan fingerprint density at radius 3 is 2.30 bits per heavy atom. The summed E-state index contributed by atoms with van der Waals surface area (Å²) in [4.78, 5) is 0. The van der Waals surface area contributed by atoms with Crippen molar-refractivity contribution in [1.29, 1.82) is 0 Å². The van der Waals surface area contributed by atoms with Gasteiger partial charge in [0.2, 0.25) is 0 Å². The second-order valence-electron chi connectivity index (χ2n) is 2.50. The Kier molecular flexibility index (Phi) is 4.73. The molecule has 0 aromatic heterocycles. The molecule has 0 amide bonds. The van der Waals surface area contributed by atoms with Gasteiger partial charge in [-0.25, -0.2) is 0 Å². The van der Waals surface area contributed by atoms with Crippen LogP contribution < -0.4 is 0 Å². The van der Waals surface area contributed by atoms with E-state index in [-0.39, 0.29) is 0 Å². The first kappa shape index (κ1) is 9.28. The smallest absolute Gasteiger partial charge is 0.114 e. The zero-order chi connectivity index (χ0) is 7.98. The molecule has 1 nitrogen and oxygen atoms in total. The fraction of sp³-hybridized carbons (Fsp3) is 0.556. The Bertz CT molecular complexity index is 132. The van der Waals surface area contributed by atoms with Crippen LogP contribution in [0.15, 0.2) is 24.0 Å². The van der Waals surface area contributed by atoms with Gasteiger partial charge < -0.3 is 4.74 Å². The predicted octanol–water partition coefficient (Wildman–Crippen LogP) is 2.75. The van der Waals surface area contributed by atoms with Crippen molar-refractivity contribution >= 4 is 0 Å². The summed E-state index contributed by atoms with van der Waals surface area (Å²) in [7, 11) is 1.68. The van der Waals surface area contributed by atoms with E-state index in [1.165, 1.54) is 0 Å². The monoisotopic (exact) mass is 140 g/mol. The van der Waals surface area contributed by atoms with E-state index >= 15 is 0 Å². The summed E-state index contributed by atoms with van der Waals surface area (Å²) in [6.07, 6.45) is 6.04. The van der Waals surface area contributed by atoms with Gasteiger partial charge in [0.05, 0.1) is 7.11 Å². The molecule has 0 atom stereocenters. The van der Waals surface area contributed by atoms with Gasteiger partial charge in [-0.2, -0.15) is 0 Å². The zero-order valence-electron chi connectivity index (χ0n) is 7.22. The molecular weight excluding hydrogens is 124 g/mol. The van der Waals surface area contributed by atoms with Crippen LogP contribution in [0, 0.1) is 5.92 Å². The predicted molar refractivity (Wildman–Crippen MR) is 44.7 cm³/mol. The summed E-state index contributed by atoms with van der Waals surface area (Å²) in [5.41, 5.74) is 0. The van der Waals surface area contributed by atoms with Crippen molar-refractivity contribution in [3.8, 4) is 0 Å². The molecule has 0 aliphatic rings. The van der Waals surface area contributed by atoms with Gasteiger partial charge in [0.15, 0.2) is 0 Å². The molecule has 0 aromatic rings. The highest BCUT2D eigenvalue weighted by molar-refractivity contribution is 5.11. The van der Waals surface area contributed by atoms with Crippen molar-refractivity contribution in [2.45, 2.75) is 20.8 Å². The highest BCUT2D eigenvalue weighted by Gasteiger charge is 1.86. The summed E-state index contributed by atoms with van der Waals surface area (Å²) in [5, 5.41) is 0. The maximum absolute atomic E-state index is 5.02. The lowest BCUT2D eigenvalue weighted by molar-refractivity contribution is 0.306. The van der Waals surface area contributed by atoms with Crippen LogP contribution in [0.1, 0.15) is 20.8 Å². The van der Waals surface area contributed by atoms with Crippen LogP contribution >= 0.6 is 0 Å². The minimum absolute atomic E-state index is 0.588. The van der Waals surface area contributed by atoms with E-state index in [2.05, 4.69) is 19.9 Å². The summed E-state index contributed by atoms with van der Waals surface area (Å²) in [6.45, 7) is 6.24. The Hall–Kier alpha value is -0.720. The number of hydrogen-bond donors (Lipinski definition) is 0. The third-order valence-electron chi connectivity index (χ3n) is 1.17. The molecule has 0 heterocycles. The number of ether oxygens (including phenoxy) is 1. The third-order valence-corrected chi connectivity index (χ3v) is 1.17. The van der Waals surface area contributed by atoms with Crippen LogP contribution in [0.25, 0.3) is 0 Å². The number of hydrogen-bond acceptors (Lipinski definition) is 1. The Balaban J connectivity index is 3.86. The van der Waals surface area contributed by atoms with E-state index < -0.39 is 0 Å². The minimum Gasteiger partial charge on any atom is -0.497 e. The molecule has 0 bridgehead atoms. The lowest BCUT2D eigenvalue weighted by atomic mass is 10.2. The molecule has 1 heteroatoms. The maximum Gasteiger partial charge on any atom is 0.114 e. The van der Waals surface area contributed by atoms with Crippen LogP contribution in [-0.2, 0) is 4.74 Å². The van der Waals surface area contributed by atoms with E-state index in [0.29, 0.717) is 5.92 Å². The fourth-order valence-electron chi connectivity index (χ4n) is 0.569. The van der Waals surface area contributed by atoms with Crippen LogP contribution in [0.5, 0.6) is 0 Å². The van der Waals surface area contributed by atoms with Gasteiger partial charge in [0.25, 0.3) is 0 Å². The van der Waals surface area contributed by atoms with Gasteiger partial charge in [0.1, 0.15) is 5.76 Å². The van der Waals surface area contributed by atoms with Crippen molar-refractivity contribution in [2.75, 3.05) is 7.11 Å². The Labute approximate surface area is 63.4 Å². The molecule has 10 heavy (non-hydrogen) atoms. The van der Waals surface area contributed by atoms with Gasteiger partial charge in [-0.3, -0.25) is 0 Å². The minimum atomic E-state index is 0.588. The molecular formula is C9H16O. The lowest BCUT2D eigenvalue weighted by Crippen LogP contribution is -1.82. The summed E-state index contributed by atoms with van der Waals surface area (Å²) in [5.74, 6) is 1.51. The van der Waals surface area contributed by atoms with Crippen molar-refractivity contribution in [1.82, 2.24) is 0 Å². The average Bonchev–Trinajstić information content (AvgIpc) is 1.90. The molecule has 0 unspecified atom stereocenters. The highest BCUT2D eigenvalue weighted by atomic mass is 16.5. The van der Waals surface area contributed by atoms with Crippen LogP contribution in [0.2, 0.25) is 0 Å². The quantitative estimate of drug-likeness (QED) is 0.432. The van der Waals surface area contributed by atoms with E-state index in [9.17, 15) is 0 Å². The molecule has 58 valence electrons. The van der Waals surface area contributed by atoms with Crippen LogP contribution in [0.3, 0.4) is 0 Å². The first-order chi connectivity index (χ1) is 4.70. The fourth-order valence-corrected chi connectivity index (χ4v) is 0.569. The lowest BCUT2D eigenvalue weighted by Gasteiger charge is -1.98. The zero-order valence-corrected chi connectivity index (χ0v) is 7.22. The molecule has 0 spiro atoms. The molecule has 0 saturated heterocycles. The van der Waals surface area contributed by atoms with Crippen molar-refractivity contribution in [3.05, 3.63) is 24.0 Å². The average molecular weight is 140 g/mol. The van der Waals surface area contributed by atoms with Crippen LogP contribution in [0.4, 0.5) is 0 Å². The summed E-state index contributed by atoms with van der Waals surface area (Å²) >= 11 is 0. The molecule has 0 N–H and O–H groups in total.